The van der Waals surface area contributed by atoms with E-state index in [0.717, 1.165) is 44.7 Å². The minimum Gasteiger partial charge on any atom is -0.348 e. The number of hydrogen-bond acceptors (Lipinski definition) is 4. The van der Waals surface area contributed by atoms with Gasteiger partial charge in [-0.2, -0.15) is 0 Å². The zero-order valence-electron chi connectivity index (χ0n) is 15.5. The van der Waals surface area contributed by atoms with Gasteiger partial charge in [0.15, 0.2) is 0 Å². The fraction of sp³-hybridized carbons (Fsp3) is 0.579. The molecule has 0 aliphatic carbocycles. The van der Waals surface area contributed by atoms with Crippen LogP contribution in [0.1, 0.15) is 19.4 Å². The highest BCUT2D eigenvalue weighted by atomic mass is 16.2. The Morgan fingerprint density at radius 1 is 1.12 bits per heavy atom. The number of nitrogens with zero attached hydrogens (tertiary/aromatic N) is 2. The second kappa shape index (κ2) is 9.53. The summed E-state index contributed by atoms with van der Waals surface area (Å²) in [4.78, 5) is 28.9. The molecule has 1 aromatic rings. The number of likely N-dealkylation sites (N-methyl/N-ethyl adjacent to an activating group) is 1. The number of aryl methyl sites for hydroxylation is 1. The SMILES string of the molecule is CCc1ccccc1NC(=O)C(=O)NC[C@@H](C)CN1CCN(C)CC1. The minimum absolute atomic E-state index is 0.308. The molecule has 6 heteroatoms. The molecule has 1 atom stereocenters. The molecule has 1 saturated heterocycles. The monoisotopic (exact) mass is 346 g/mol. The summed E-state index contributed by atoms with van der Waals surface area (Å²) in [5.41, 5.74) is 1.72. The van der Waals surface area contributed by atoms with E-state index in [9.17, 15) is 9.59 Å². The molecule has 1 heterocycles. The van der Waals surface area contributed by atoms with Gasteiger partial charge in [-0.05, 0) is 31.0 Å². The molecule has 25 heavy (non-hydrogen) atoms. The number of piperazine rings is 1. The third-order valence-corrected chi connectivity index (χ3v) is 4.63. The normalized spacial score (nSPS) is 17.1. The molecule has 138 valence electrons. The van der Waals surface area contributed by atoms with Gasteiger partial charge in [0.2, 0.25) is 0 Å². The zero-order chi connectivity index (χ0) is 18.2. The molecule has 1 aliphatic rings. The van der Waals surface area contributed by atoms with Gasteiger partial charge in [0, 0.05) is 45.0 Å². The lowest BCUT2D eigenvalue weighted by molar-refractivity contribution is -0.136. The summed E-state index contributed by atoms with van der Waals surface area (Å²) >= 11 is 0. The Morgan fingerprint density at radius 2 is 1.80 bits per heavy atom. The molecule has 0 unspecified atom stereocenters. The van der Waals surface area contributed by atoms with E-state index < -0.39 is 11.8 Å². The summed E-state index contributed by atoms with van der Waals surface area (Å²) < 4.78 is 0. The van der Waals surface area contributed by atoms with E-state index in [1.165, 1.54) is 0 Å². The number of benzene rings is 1. The molecular weight excluding hydrogens is 316 g/mol. The highest BCUT2D eigenvalue weighted by molar-refractivity contribution is 6.39. The predicted molar refractivity (Wildman–Crippen MR) is 101 cm³/mol. The second-order valence-corrected chi connectivity index (χ2v) is 6.88. The summed E-state index contributed by atoms with van der Waals surface area (Å²) in [6.45, 7) is 9.85. The molecule has 2 N–H and O–H groups in total. The lowest BCUT2D eigenvalue weighted by atomic mass is 10.1. The van der Waals surface area contributed by atoms with Gasteiger partial charge in [-0.25, -0.2) is 0 Å². The number of carbonyl (C=O) groups excluding carboxylic acids is 2. The van der Waals surface area contributed by atoms with Crippen molar-refractivity contribution in [3.8, 4) is 0 Å². The first-order valence-corrected chi connectivity index (χ1v) is 9.07. The summed E-state index contributed by atoms with van der Waals surface area (Å²) in [5, 5.41) is 5.45. The number of rotatable bonds is 6. The van der Waals surface area contributed by atoms with Gasteiger partial charge >= 0.3 is 11.8 Å². The molecule has 1 aliphatic heterocycles. The van der Waals surface area contributed by atoms with Crippen molar-refractivity contribution >= 4 is 17.5 Å². The molecular formula is C19H30N4O2. The van der Waals surface area contributed by atoms with E-state index in [0.29, 0.717) is 18.2 Å². The van der Waals surface area contributed by atoms with Crippen molar-refractivity contribution in [2.75, 3.05) is 51.6 Å². The van der Waals surface area contributed by atoms with Crippen molar-refractivity contribution in [3.63, 3.8) is 0 Å². The van der Waals surface area contributed by atoms with Crippen LogP contribution in [0.3, 0.4) is 0 Å². The fourth-order valence-electron chi connectivity index (χ4n) is 3.01. The molecule has 2 amide bonds. The third kappa shape index (κ3) is 6.14. The first-order valence-electron chi connectivity index (χ1n) is 9.07. The summed E-state index contributed by atoms with van der Waals surface area (Å²) in [7, 11) is 2.14. The number of para-hydroxylation sites is 1. The van der Waals surface area contributed by atoms with Crippen LogP contribution in [0.15, 0.2) is 24.3 Å². The van der Waals surface area contributed by atoms with Crippen LogP contribution in [0, 0.1) is 5.92 Å². The first-order chi connectivity index (χ1) is 12.0. The molecule has 0 aromatic heterocycles. The van der Waals surface area contributed by atoms with Crippen LogP contribution >= 0.6 is 0 Å². The van der Waals surface area contributed by atoms with E-state index in [-0.39, 0.29) is 0 Å². The molecule has 0 bridgehead atoms. The Labute approximate surface area is 150 Å². The Balaban J connectivity index is 1.74. The molecule has 0 spiro atoms. The topological polar surface area (TPSA) is 64.7 Å². The van der Waals surface area contributed by atoms with Crippen molar-refractivity contribution < 1.29 is 9.59 Å². The maximum Gasteiger partial charge on any atom is 0.313 e. The second-order valence-electron chi connectivity index (χ2n) is 6.88. The van der Waals surface area contributed by atoms with E-state index in [2.05, 4.69) is 34.4 Å². The van der Waals surface area contributed by atoms with Crippen LogP contribution in [0.25, 0.3) is 0 Å². The average Bonchev–Trinajstić information content (AvgIpc) is 2.62. The molecule has 2 rings (SSSR count). The van der Waals surface area contributed by atoms with Gasteiger partial charge in [0.05, 0.1) is 0 Å². The number of anilines is 1. The Bertz CT molecular complexity index is 583. The largest absolute Gasteiger partial charge is 0.348 e. The lowest BCUT2D eigenvalue weighted by Gasteiger charge is -2.33. The number of carbonyl (C=O) groups is 2. The maximum absolute atomic E-state index is 12.1. The molecule has 6 nitrogen and oxygen atoms in total. The summed E-state index contributed by atoms with van der Waals surface area (Å²) in [6.07, 6.45) is 0.806. The summed E-state index contributed by atoms with van der Waals surface area (Å²) in [6, 6.07) is 7.55. The Morgan fingerprint density at radius 3 is 2.48 bits per heavy atom. The van der Waals surface area contributed by atoms with E-state index in [1.54, 1.807) is 0 Å². The number of nitrogens with one attached hydrogen (secondary N) is 2. The summed E-state index contributed by atoms with van der Waals surface area (Å²) in [5.74, 6) is -0.869. The lowest BCUT2D eigenvalue weighted by Crippen LogP contribution is -2.47. The van der Waals surface area contributed by atoms with Crippen LogP contribution < -0.4 is 10.6 Å². The van der Waals surface area contributed by atoms with Gasteiger partial charge in [-0.3, -0.25) is 9.59 Å². The Kier molecular flexibility index (Phi) is 7.40. The van der Waals surface area contributed by atoms with Gasteiger partial charge in [-0.15, -0.1) is 0 Å². The minimum atomic E-state index is -0.604. The first kappa shape index (κ1) is 19.4. The molecule has 0 radical (unpaired) electrons. The van der Waals surface area contributed by atoms with Crippen molar-refractivity contribution in [2.45, 2.75) is 20.3 Å². The quantitative estimate of drug-likeness (QED) is 0.760. The van der Waals surface area contributed by atoms with E-state index >= 15 is 0 Å². The third-order valence-electron chi connectivity index (χ3n) is 4.63. The smallest absolute Gasteiger partial charge is 0.313 e. The van der Waals surface area contributed by atoms with Crippen LogP contribution in [0.5, 0.6) is 0 Å². The predicted octanol–water partition coefficient (Wildman–Crippen LogP) is 1.19. The van der Waals surface area contributed by atoms with Crippen molar-refractivity contribution in [1.82, 2.24) is 15.1 Å². The maximum atomic E-state index is 12.1. The van der Waals surface area contributed by atoms with Crippen LogP contribution in [-0.4, -0.2) is 67.9 Å². The van der Waals surface area contributed by atoms with E-state index in [1.807, 2.05) is 31.2 Å². The zero-order valence-corrected chi connectivity index (χ0v) is 15.5. The Hall–Kier alpha value is -1.92. The average molecular weight is 346 g/mol. The van der Waals surface area contributed by atoms with Crippen molar-refractivity contribution in [3.05, 3.63) is 29.8 Å². The van der Waals surface area contributed by atoms with Crippen molar-refractivity contribution in [2.24, 2.45) is 5.92 Å². The van der Waals surface area contributed by atoms with Gasteiger partial charge < -0.3 is 20.4 Å². The number of amides is 2. The number of hydrogen-bond donors (Lipinski definition) is 2. The van der Waals surface area contributed by atoms with Crippen LogP contribution in [0.2, 0.25) is 0 Å². The van der Waals surface area contributed by atoms with Crippen LogP contribution in [-0.2, 0) is 16.0 Å². The highest BCUT2D eigenvalue weighted by Crippen LogP contribution is 2.15. The molecule has 1 aromatic carbocycles. The standard InChI is InChI=1S/C19H30N4O2/c1-4-16-7-5-6-8-17(16)21-19(25)18(24)20-13-15(2)14-23-11-9-22(3)10-12-23/h5-8,15H,4,9-14H2,1-3H3,(H,20,24)(H,21,25)/t15-/m1/s1. The fourth-order valence-corrected chi connectivity index (χ4v) is 3.01. The highest BCUT2D eigenvalue weighted by Gasteiger charge is 2.18. The van der Waals surface area contributed by atoms with Gasteiger partial charge in [-0.1, -0.05) is 32.0 Å². The molecule has 1 fully saturated rings. The van der Waals surface area contributed by atoms with Crippen molar-refractivity contribution in [1.29, 1.82) is 0 Å². The van der Waals surface area contributed by atoms with Crippen LogP contribution in [0.4, 0.5) is 5.69 Å². The van der Waals surface area contributed by atoms with Gasteiger partial charge in [0.1, 0.15) is 0 Å². The van der Waals surface area contributed by atoms with E-state index in [4.69, 9.17) is 0 Å². The molecule has 0 saturated carbocycles. The van der Waals surface area contributed by atoms with Gasteiger partial charge in [0.25, 0.3) is 0 Å².